The molecule has 0 aliphatic carbocycles. The van der Waals surface area contributed by atoms with E-state index in [0.717, 1.165) is 29.9 Å². The molecule has 1 aliphatic heterocycles. The fraction of sp³-hybridized carbons (Fsp3) is 0.600. The highest BCUT2D eigenvalue weighted by Gasteiger charge is 2.20. The lowest BCUT2D eigenvalue weighted by molar-refractivity contribution is 0.0171. The summed E-state index contributed by atoms with van der Waals surface area (Å²) >= 11 is 4.07. The van der Waals surface area contributed by atoms with E-state index in [4.69, 9.17) is 18.9 Å². The van der Waals surface area contributed by atoms with Gasteiger partial charge in [0.15, 0.2) is 0 Å². The highest BCUT2D eigenvalue weighted by atomic mass is 32.1. The second-order valence-electron chi connectivity index (χ2n) is 6.05. The molecule has 1 aliphatic rings. The number of nitrogens with zero attached hydrogens (tertiary/aromatic N) is 1. The predicted octanol–water partition coefficient (Wildman–Crippen LogP) is 2.61. The van der Waals surface area contributed by atoms with Crippen molar-refractivity contribution >= 4 is 23.9 Å². The second-order valence-corrected chi connectivity index (χ2v) is 6.50. The molecule has 152 valence electrons. The standard InChI is InChI=1S/C20H31NO5S/c1-3-21(4-2)17-5-6-18-16(13-20(22)26-19(18)14-17)15-25-10-9-23-7-8-24-11-12-27/h5-6,13-14,20,22,27H,3-4,7-12,15H2,1-2H3. The van der Waals surface area contributed by atoms with Gasteiger partial charge in [-0.1, -0.05) is 0 Å². The third kappa shape index (κ3) is 7.01. The molecular formula is C20H31NO5S. The molecule has 2 rings (SSSR count). The van der Waals surface area contributed by atoms with E-state index in [9.17, 15) is 5.11 Å². The van der Waals surface area contributed by atoms with Crippen LogP contribution >= 0.6 is 12.6 Å². The van der Waals surface area contributed by atoms with E-state index in [1.165, 1.54) is 0 Å². The number of ether oxygens (including phenoxy) is 4. The monoisotopic (exact) mass is 397 g/mol. The average molecular weight is 398 g/mol. The molecule has 0 radical (unpaired) electrons. The molecule has 1 aromatic carbocycles. The largest absolute Gasteiger partial charge is 0.461 e. The minimum atomic E-state index is -0.955. The molecule has 0 saturated carbocycles. The molecule has 1 heterocycles. The molecule has 7 heteroatoms. The molecular weight excluding hydrogens is 366 g/mol. The Morgan fingerprint density at radius 1 is 1.04 bits per heavy atom. The maximum Gasteiger partial charge on any atom is 0.217 e. The SMILES string of the molecule is CCN(CC)c1ccc2c(c1)OC(O)C=C2COCCOCCOCCS. The summed E-state index contributed by atoms with van der Waals surface area (Å²) in [6.45, 7) is 9.21. The molecule has 0 amide bonds. The lowest BCUT2D eigenvalue weighted by Crippen LogP contribution is -2.23. The van der Waals surface area contributed by atoms with Crippen molar-refractivity contribution < 1.29 is 24.1 Å². The Morgan fingerprint density at radius 2 is 1.70 bits per heavy atom. The first-order valence-corrected chi connectivity index (χ1v) is 10.1. The topological polar surface area (TPSA) is 60.4 Å². The number of aliphatic hydroxyl groups is 1. The quantitative estimate of drug-likeness (QED) is 0.394. The zero-order valence-corrected chi connectivity index (χ0v) is 17.1. The summed E-state index contributed by atoms with van der Waals surface area (Å²) in [7, 11) is 0. The summed E-state index contributed by atoms with van der Waals surface area (Å²) in [5.74, 6) is 1.40. The van der Waals surface area contributed by atoms with Crippen LogP contribution in [-0.4, -0.2) is 69.9 Å². The third-order valence-corrected chi connectivity index (χ3v) is 4.45. The van der Waals surface area contributed by atoms with Gasteiger partial charge in [0.1, 0.15) is 5.75 Å². The van der Waals surface area contributed by atoms with Crippen LogP contribution in [0.4, 0.5) is 5.69 Å². The predicted molar refractivity (Wildman–Crippen MR) is 111 cm³/mol. The number of hydrogen-bond donors (Lipinski definition) is 2. The van der Waals surface area contributed by atoms with Gasteiger partial charge < -0.3 is 29.0 Å². The van der Waals surface area contributed by atoms with Gasteiger partial charge in [0, 0.05) is 36.2 Å². The molecule has 1 aromatic rings. The first-order chi connectivity index (χ1) is 13.2. The first kappa shape index (κ1) is 22.0. The van der Waals surface area contributed by atoms with Gasteiger partial charge in [-0.2, -0.15) is 12.6 Å². The summed E-state index contributed by atoms with van der Waals surface area (Å²) in [6.07, 6.45) is 0.731. The van der Waals surface area contributed by atoms with Gasteiger partial charge in [0.25, 0.3) is 0 Å². The van der Waals surface area contributed by atoms with Crippen LogP contribution in [0.3, 0.4) is 0 Å². The van der Waals surface area contributed by atoms with Crippen molar-refractivity contribution in [2.45, 2.75) is 20.1 Å². The van der Waals surface area contributed by atoms with Crippen molar-refractivity contribution in [1.29, 1.82) is 0 Å². The number of aliphatic hydroxyl groups excluding tert-OH is 1. The zero-order valence-electron chi connectivity index (χ0n) is 16.2. The summed E-state index contributed by atoms with van der Waals surface area (Å²) in [4.78, 5) is 2.24. The molecule has 27 heavy (non-hydrogen) atoms. The van der Waals surface area contributed by atoms with Crippen LogP contribution < -0.4 is 9.64 Å². The molecule has 1 unspecified atom stereocenters. The molecule has 1 N–H and O–H groups in total. The summed E-state index contributed by atoms with van der Waals surface area (Å²) in [6, 6.07) is 6.08. The highest BCUT2D eigenvalue weighted by Crippen LogP contribution is 2.35. The number of thiol groups is 1. The zero-order chi connectivity index (χ0) is 19.5. The van der Waals surface area contributed by atoms with Gasteiger partial charge in [-0.15, -0.1) is 0 Å². The lowest BCUT2D eigenvalue weighted by Gasteiger charge is -2.26. The fourth-order valence-corrected chi connectivity index (χ4v) is 3.03. The van der Waals surface area contributed by atoms with Crippen LogP contribution in [0.15, 0.2) is 24.3 Å². The minimum Gasteiger partial charge on any atom is -0.461 e. The number of fused-ring (bicyclic) bond motifs is 1. The van der Waals surface area contributed by atoms with E-state index >= 15 is 0 Å². The van der Waals surface area contributed by atoms with Crippen LogP contribution in [0.5, 0.6) is 5.75 Å². The minimum absolute atomic E-state index is 0.400. The number of benzene rings is 1. The smallest absolute Gasteiger partial charge is 0.217 e. The molecule has 0 fully saturated rings. The Hall–Kier alpha value is -1.25. The molecule has 0 spiro atoms. The van der Waals surface area contributed by atoms with Gasteiger partial charge in [-0.25, -0.2) is 0 Å². The maximum atomic E-state index is 10.0. The Bertz CT molecular complexity index is 592. The van der Waals surface area contributed by atoms with E-state index in [0.29, 0.717) is 51.1 Å². The van der Waals surface area contributed by atoms with Gasteiger partial charge in [-0.05, 0) is 37.6 Å². The van der Waals surface area contributed by atoms with Gasteiger partial charge in [0.2, 0.25) is 6.29 Å². The van der Waals surface area contributed by atoms with E-state index < -0.39 is 6.29 Å². The van der Waals surface area contributed by atoms with Crippen LogP contribution in [0.25, 0.3) is 5.57 Å². The normalized spacial score (nSPS) is 15.9. The van der Waals surface area contributed by atoms with Crippen LogP contribution in [0.1, 0.15) is 19.4 Å². The van der Waals surface area contributed by atoms with Gasteiger partial charge in [0.05, 0.1) is 39.6 Å². The Kier molecular flexibility index (Phi) is 10.0. The van der Waals surface area contributed by atoms with E-state index in [2.05, 4.69) is 37.4 Å². The molecule has 1 atom stereocenters. The number of anilines is 1. The second kappa shape index (κ2) is 12.3. The fourth-order valence-electron chi connectivity index (χ4n) is 2.90. The number of hydrogen-bond acceptors (Lipinski definition) is 7. The average Bonchev–Trinajstić information content (AvgIpc) is 2.67. The van der Waals surface area contributed by atoms with Gasteiger partial charge in [-0.3, -0.25) is 0 Å². The van der Waals surface area contributed by atoms with Gasteiger partial charge >= 0.3 is 0 Å². The van der Waals surface area contributed by atoms with Crippen molar-refractivity contribution in [2.75, 3.05) is 63.4 Å². The van der Waals surface area contributed by atoms with Crippen molar-refractivity contribution in [1.82, 2.24) is 0 Å². The Balaban J connectivity index is 1.82. The van der Waals surface area contributed by atoms with Crippen LogP contribution in [0, 0.1) is 0 Å². The molecule has 6 nitrogen and oxygen atoms in total. The van der Waals surface area contributed by atoms with Crippen molar-refractivity contribution in [3.63, 3.8) is 0 Å². The van der Waals surface area contributed by atoms with E-state index in [1.54, 1.807) is 6.08 Å². The van der Waals surface area contributed by atoms with Crippen LogP contribution in [0.2, 0.25) is 0 Å². The molecule has 0 saturated heterocycles. The van der Waals surface area contributed by atoms with Crippen molar-refractivity contribution in [3.8, 4) is 5.75 Å². The van der Waals surface area contributed by atoms with Crippen LogP contribution in [-0.2, 0) is 14.2 Å². The summed E-state index contributed by atoms with van der Waals surface area (Å²) in [5, 5.41) is 10.0. The van der Waals surface area contributed by atoms with Crippen molar-refractivity contribution in [3.05, 3.63) is 29.8 Å². The maximum absolute atomic E-state index is 10.0. The van der Waals surface area contributed by atoms with E-state index in [1.807, 2.05) is 12.1 Å². The first-order valence-electron chi connectivity index (χ1n) is 9.48. The molecule has 0 bridgehead atoms. The Labute approximate surface area is 167 Å². The Morgan fingerprint density at radius 3 is 2.37 bits per heavy atom. The molecule has 0 aromatic heterocycles. The summed E-state index contributed by atoms with van der Waals surface area (Å²) < 4.78 is 22.0. The highest BCUT2D eigenvalue weighted by molar-refractivity contribution is 7.80. The third-order valence-electron chi connectivity index (χ3n) is 4.27. The summed E-state index contributed by atoms with van der Waals surface area (Å²) in [5.41, 5.74) is 2.96. The number of rotatable bonds is 13. The van der Waals surface area contributed by atoms with Crippen molar-refractivity contribution in [2.24, 2.45) is 0 Å². The lowest BCUT2D eigenvalue weighted by atomic mass is 10.0. The van der Waals surface area contributed by atoms with E-state index in [-0.39, 0.29) is 0 Å².